The first-order valence-electron chi connectivity index (χ1n) is 5.89. The standard InChI is InChI=1S/C13H14FN3O/c14-10-2-4-11(5-3-10)17-9-1-8-16-12(6-7-15)13(17)18/h2-5,12,16H,1,6,8-9H2. The molecule has 0 radical (unpaired) electrons. The Balaban J connectivity index is 2.22. The van der Waals surface area contributed by atoms with E-state index < -0.39 is 6.04 Å². The summed E-state index contributed by atoms with van der Waals surface area (Å²) in [6.45, 7) is 1.29. The molecule has 0 aliphatic carbocycles. The molecule has 2 rings (SSSR count). The van der Waals surface area contributed by atoms with Crippen molar-refractivity contribution in [1.82, 2.24) is 5.32 Å². The molecule has 1 saturated heterocycles. The second-order valence-corrected chi connectivity index (χ2v) is 4.19. The molecule has 1 aliphatic rings. The molecular formula is C13H14FN3O. The Morgan fingerprint density at radius 2 is 2.17 bits per heavy atom. The molecule has 5 heteroatoms. The van der Waals surface area contributed by atoms with Gasteiger partial charge in [-0.1, -0.05) is 0 Å². The Bertz CT molecular complexity index is 466. The summed E-state index contributed by atoms with van der Waals surface area (Å²) in [6.07, 6.45) is 0.960. The van der Waals surface area contributed by atoms with Gasteiger partial charge in [0.25, 0.3) is 0 Å². The molecule has 1 unspecified atom stereocenters. The number of hydrogen-bond donors (Lipinski definition) is 1. The van der Waals surface area contributed by atoms with E-state index in [4.69, 9.17) is 5.26 Å². The number of halogens is 1. The molecule has 0 spiro atoms. The lowest BCUT2D eigenvalue weighted by atomic mass is 10.2. The molecule has 4 nitrogen and oxygen atoms in total. The van der Waals surface area contributed by atoms with Gasteiger partial charge < -0.3 is 10.2 Å². The molecule has 1 heterocycles. The zero-order chi connectivity index (χ0) is 13.0. The lowest BCUT2D eigenvalue weighted by Crippen LogP contribution is -2.43. The molecule has 0 saturated carbocycles. The molecule has 1 aromatic rings. The molecule has 94 valence electrons. The number of rotatable bonds is 2. The van der Waals surface area contributed by atoms with Crippen molar-refractivity contribution in [1.29, 1.82) is 5.26 Å². The van der Waals surface area contributed by atoms with Crippen LogP contribution in [-0.2, 0) is 4.79 Å². The van der Waals surface area contributed by atoms with E-state index in [1.807, 2.05) is 6.07 Å². The fourth-order valence-corrected chi connectivity index (χ4v) is 2.03. The lowest BCUT2D eigenvalue weighted by molar-refractivity contribution is -0.120. The van der Waals surface area contributed by atoms with Crippen molar-refractivity contribution in [2.45, 2.75) is 18.9 Å². The van der Waals surface area contributed by atoms with Gasteiger partial charge in [0, 0.05) is 12.2 Å². The van der Waals surface area contributed by atoms with Crippen LogP contribution in [0.4, 0.5) is 10.1 Å². The minimum Gasteiger partial charge on any atom is -0.311 e. The van der Waals surface area contributed by atoms with Gasteiger partial charge in [0.1, 0.15) is 11.9 Å². The van der Waals surface area contributed by atoms with Crippen molar-refractivity contribution in [3.05, 3.63) is 30.1 Å². The molecular weight excluding hydrogens is 233 g/mol. The SMILES string of the molecule is N#CCC1NCCCN(c2ccc(F)cc2)C1=O. The first-order chi connectivity index (χ1) is 8.72. The van der Waals surface area contributed by atoms with Crippen molar-refractivity contribution in [3.63, 3.8) is 0 Å². The van der Waals surface area contributed by atoms with Crippen LogP contribution in [0.15, 0.2) is 24.3 Å². The van der Waals surface area contributed by atoms with E-state index in [0.29, 0.717) is 18.8 Å². The average molecular weight is 247 g/mol. The molecule has 18 heavy (non-hydrogen) atoms. The maximum Gasteiger partial charge on any atom is 0.245 e. The number of nitriles is 1. The fraction of sp³-hybridized carbons (Fsp3) is 0.385. The van der Waals surface area contributed by atoms with Crippen LogP contribution in [0, 0.1) is 17.1 Å². The quantitative estimate of drug-likeness (QED) is 0.860. The van der Waals surface area contributed by atoms with Crippen LogP contribution < -0.4 is 10.2 Å². The number of benzene rings is 1. The zero-order valence-corrected chi connectivity index (χ0v) is 9.90. The summed E-state index contributed by atoms with van der Waals surface area (Å²) in [5.41, 5.74) is 0.674. The van der Waals surface area contributed by atoms with Crippen LogP contribution in [0.5, 0.6) is 0 Å². The van der Waals surface area contributed by atoms with E-state index in [1.165, 1.54) is 12.1 Å². The molecule has 1 N–H and O–H groups in total. The Labute approximate surface area is 105 Å². The number of anilines is 1. The van der Waals surface area contributed by atoms with Crippen LogP contribution in [0.25, 0.3) is 0 Å². The van der Waals surface area contributed by atoms with Crippen LogP contribution >= 0.6 is 0 Å². The third kappa shape index (κ3) is 2.66. The maximum atomic E-state index is 12.9. The van der Waals surface area contributed by atoms with Gasteiger partial charge in [-0.3, -0.25) is 4.79 Å². The van der Waals surface area contributed by atoms with Gasteiger partial charge in [-0.2, -0.15) is 5.26 Å². The molecule has 0 bridgehead atoms. The van der Waals surface area contributed by atoms with Crippen LogP contribution in [0.1, 0.15) is 12.8 Å². The molecule has 0 aromatic heterocycles. The molecule has 1 amide bonds. The first kappa shape index (κ1) is 12.5. The Morgan fingerprint density at radius 1 is 1.44 bits per heavy atom. The minimum atomic E-state index is -0.470. The predicted molar refractivity (Wildman–Crippen MR) is 65.4 cm³/mol. The highest BCUT2D eigenvalue weighted by molar-refractivity contribution is 5.97. The van der Waals surface area contributed by atoms with Crippen molar-refractivity contribution in [2.75, 3.05) is 18.0 Å². The summed E-state index contributed by atoms with van der Waals surface area (Å²) in [5, 5.41) is 11.8. The van der Waals surface area contributed by atoms with E-state index in [2.05, 4.69) is 5.32 Å². The summed E-state index contributed by atoms with van der Waals surface area (Å²) in [6, 6.07) is 7.37. The normalized spacial score (nSPS) is 20.3. The monoisotopic (exact) mass is 247 g/mol. The first-order valence-corrected chi connectivity index (χ1v) is 5.89. The number of amides is 1. The van der Waals surface area contributed by atoms with Crippen LogP contribution in [0.3, 0.4) is 0 Å². The topological polar surface area (TPSA) is 56.1 Å². The third-order valence-electron chi connectivity index (χ3n) is 2.95. The summed E-state index contributed by atoms with van der Waals surface area (Å²) >= 11 is 0. The number of hydrogen-bond acceptors (Lipinski definition) is 3. The molecule has 1 aromatic carbocycles. The Morgan fingerprint density at radius 3 is 2.83 bits per heavy atom. The summed E-state index contributed by atoms with van der Waals surface area (Å²) in [7, 11) is 0. The highest BCUT2D eigenvalue weighted by Crippen LogP contribution is 2.18. The highest BCUT2D eigenvalue weighted by atomic mass is 19.1. The van der Waals surface area contributed by atoms with Gasteiger partial charge in [-0.05, 0) is 37.2 Å². The van der Waals surface area contributed by atoms with E-state index in [9.17, 15) is 9.18 Å². The van der Waals surface area contributed by atoms with Gasteiger partial charge >= 0.3 is 0 Å². The van der Waals surface area contributed by atoms with Crippen LogP contribution in [0.2, 0.25) is 0 Å². The smallest absolute Gasteiger partial charge is 0.245 e. The predicted octanol–water partition coefficient (Wildman–Crippen LogP) is 1.43. The van der Waals surface area contributed by atoms with E-state index in [0.717, 1.165) is 6.42 Å². The van der Waals surface area contributed by atoms with E-state index in [1.54, 1.807) is 17.0 Å². The van der Waals surface area contributed by atoms with Gasteiger partial charge in [-0.15, -0.1) is 0 Å². The van der Waals surface area contributed by atoms with Gasteiger partial charge in [0.05, 0.1) is 12.5 Å². The molecule has 1 aliphatic heterocycles. The summed E-state index contributed by atoms with van der Waals surface area (Å²) < 4.78 is 12.9. The summed E-state index contributed by atoms with van der Waals surface area (Å²) in [4.78, 5) is 13.9. The van der Waals surface area contributed by atoms with E-state index >= 15 is 0 Å². The molecule has 1 fully saturated rings. The Kier molecular flexibility index (Phi) is 3.90. The van der Waals surface area contributed by atoms with Crippen LogP contribution in [-0.4, -0.2) is 25.0 Å². The van der Waals surface area contributed by atoms with Gasteiger partial charge in [0.15, 0.2) is 0 Å². The van der Waals surface area contributed by atoms with Crippen molar-refractivity contribution < 1.29 is 9.18 Å². The molecule has 1 atom stereocenters. The highest BCUT2D eigenvalue weighted by Gasteiger charge is 2.27. The number of carbonyl (C=O) groups is 1. The van der Waals surface area contributed by atoms with Crippen molar-refractivity contribution >= 4 is 11.6 Å². The number of carbonyl (C=O) groups excluding carboxylic acids is 1. The second-order valence-electron chi connectivity index (χ2n) is 4.19. The number of nitrogens with zero attached hydrogens (tertiary/aromatic N) is 2. The third-order valence-corrected chi connectivity index (χ3v) is 2.95. The Hall–Kier alpha value is -1.93. The summed E-state index contributed by atoms with van der Waals surface area (Å²) in [5.74, 6) is -0.451. The number of nitrogens with one attached hydrogen (secondary N) is 1. The minimum absolute atomic E-state index is 0.124. The average Bonchev–Trinajstić information content (AvgIpc) is 2.55. The van der Waals surface area contributed by atoms with Crippen molar-refractivity contribution in [2.24, 2.45) is 0 Å². The van der Waals surface area contributed by atoms with E-state index in [-0.39, 0.29) is 18.1 Å². The lowest BCUT2D eigenvalue weighted by Gasteiger charge is -2.23. The van der Waals surface area contributed by atoms with Gasteiger partial charge in [-0.25, -0.2) is 4.39 Å². The largest absolute Gasteiger partial charge is 0.311 e. The second kappa shape index (κ2) is 5.61. The van der Waals surface area contributed by atoms with Crippen molar-refractivity contribution in [3.8, 4) is 6.07 Å². The van der Waals surface area contributed by atoms with Gasteiger partial charge in [0.2, 0.25) is 5.91 Å². The zero-order valence-electron chi connectivity index (χ0n) is 9.90. The maximum absolute atomic E-state index is 12.9. The fourth-order valence-electron chi connectivity index (χ4n) is 2.03.